The highest BCUT2D eigenvalue weighted by molar-refractivity contribution is 5.32. The van der Waals surface area contributed by atoms with E-state index < -0.39 is 0 Å². The molecule has 1 heterocycles. The summed E-state index contributed by atoms with van der Waals surface area (Å²) >= 11 is 0. The van der Waals surface area contributed by atoms with E-state index in [1.807, 2.05) is 0 Å². The Bertz CT molecular complexity index is 506. The molecule has 1 fully saturated rings. The first-order valence-electron chi connectivity index (χ1n) is 7.92. The summed E-state index contributed by atoms with van der Waals surface area (Å²) in [6.07, 6.45) is 5.95. The standard InChI is InChI=1S/C18H24N2/c1-18(14-19)9-11-20(12-10-18)13-16-7-4-6-15-5-2-3-8-17(15)16/h2-3,5,8,16H,4,6-7,9-13H2,1H3. The van der Waals surface area contributed by atoms with Crippen LogP contribution in [0.1, 0.15) is 49.7 Å². The number of aryl methyl sites for hydroxylation is 1. The first-order chi connectivity index (χ1) is 9.70. The van der Waals surface area contributed by atoms with E-state index in [1.165, 1.54) is 25.8 Å². The van der Waals surface area contributed by atoms with Crippen LogP contribution in [0.3, 0.4) is 0 Å². The van der Waals surface area contributed by atoms with Gasteiger partial charge in [0.2, 0.25) is 0 Å². The molecular weight excluding hydrogens is 244 g/mol. The van der Waals surface area contributed by atoms with Crippen LogP contribution in [-0.4, -0.2) is 24.5 Å². The molecule has 0 radical (unpaired) electrons. The van der Waals surface area contributed by atoms with Gasteiger partial charge in [0.15, 0.2) is 0 Å². The largest absolute Gasteiger partial charge is 0.303 e. The Morgan fingerprint density at radius 3 is 2.80 bits per heavy atom. The lowest BCUT2D eigenvalue weighted by atomic mass is 9.80. The molecule has 1 saturated heterocycles. The summed E-state index contributed by atoms with van der Waals surface area (Å²) in [5.41, 5.74) is 3.05. The third-order valence-corrected chi connectivity index (χ3v) is 5.20. The monoisotopic (exact) mass is 268 g/mol. The molecule has 1 atom stereocenters. The molecule has 2 heteroatoms. The van der Waals surface area contributed by atoms with Gasteiger partial charge in [-0.1, -0.05) is 24.3 Å². The van der Waals surface area contributed by atoms with Crippen LogP contribution in [0.25, 0.3) is 0 Å². The smallest absolute Gasteiger partial charge is 0.0687 e. The van der Waals surface area contributed by atoms with Crippen LogP contribution in [0.15, 0.2) is 24.3 Å². The van der Waals surface area contributed by atoms with Gasteiger partial charge in [0.1, 0.15) is 0 Å². The maximum absolute atomic E-state index is 9.22. The van der Waals surface area contributed by atoms with Crippen LogP contribution in [0.5, 0.6) is 0 Å². The fraction of sp³-hybridized carbons (Fsp3) is 0.611. The molecule has 20 heavy (non-hydrogen) atoms. The number of nitriles is 1. The van der Waals surface area contributed by atoms with Crippen LogP contribution in [0.2, 0.25) is 0 Å². The predicted octanol–water partition coefficient (Wildman–Crippen LogP) is 3.73. The molecule has 1 aliphatic carbocycles. The molecule has 1 aliphatic heterocycles. The molecule has 0 amide bonds. The Labute approximate surface area is 122 Å². The molecule has 0 saturated carbocycles. The highest BCUT2D eigenvalue weighted by Crippen LogP contribution is 2.35. The van der Waals surface area contributed by atoms with Crippen molar-refractivity contribution in [2.75, 3.05) is 19.6 Å². The maximum atomic E-state index is 9.22. The van der Waals surface area contributed by atoms with E-state index in [1.54, 1.807) is 11.1 Å². The molecule has 0 N–H and O–H groups in total. The van der Waals surface area contributed by atoms with Crippen LogP contribution >= 0.6 is 0 Å². The van der Waals surface area contributed by atoms with Crippen molar-refractivity contribution in [2.45, 2.75) is 44.9 Å². The van der Waals surface area contributed by atoms with E-state index >= 15 is 0 Å². The molecule has 106 valence electrons. The summed E-state index contributed by atoms with van der Waals surface area (Å²) < 4.78 is 0. The summed E-state index contributed by atoms with van der Waals surface area (Å²) in [7, 11) is 0. The summed E-state index contributed by atoms with van der Waals surface area (Å²) in [4.78, 5) is 2.58. The number of piperidine rings is 1. The summed E-state index contributed by atoms with van der Waals surface area (Å²) in [6, 6.07) is 11.5. The van der Waals surface area contributed by atoms with Crippen molar-refractivity contribution in [1.82, 2.24) is 4.90 Å². The van der Waals surface area contributed by atoms with Gasteiger partial charge in [-0.3, -0.25) is 0 Å². The van der Waals surface area contributed by atoms with Gasteiger partial charge >= 0.3 is 0 Å². The van der Waals surface area contributed by atoms with Gasteiger partial charge in [-0.25, -0.2) is 0 Å². The van der Waals surface area contributed by atoms with Crippen LogP contribution < -0.4 is 0 Å². The third-order valence-electron chi connectivity index (χ3n) is 5.20. The fourth-order valence-electron chi connectivity index (χ4n) is 3.70. The number of hydrogen-bond donors (Lipinski definition) is 0. The molecule has 2 aliphatic rings. The van der Waals surface area contributed by atoms with E-state index in [2.05, 4.69) is 42.2 Å². The second-order valence-corrected chi connectivity index (χ2v) is 6.76. The van der Waals surface area contributed by atoms with Gasteiger partial charge in [-0.05, 0) is 69.2 Å². The molecule has 1 aromatic carbocycles. The van der Waals surface area contributed by atoms with E-state index in [-0.39, 0.29) is 5.41 Å². The Morgan fingerprint density at radius 1 is 1.30 bits per heavy atom. The number of hydrogen-bond acceptors (Lipinski definition) is 2. The van der Waals surface area contributed by atoms with Crippen molar-refractivity contribution in [3.8, 4) is 6.07 Å². The summed E-state index contributed by atoms with van der Waals surface area (Å²) in [5, 5.41) is 9.22. The quantitative estimate of drug-likeness (QED) is 0.817. The minimum atomic E-state index is -0.0824. The predicted molar refractivity (Wildman–Crippen MR) is 81.5 cm³/mol. The van der Waals surface area contributed by atoms with Crippen LogP contribution in [-0.2, 0) is 6.42 Å². The van der Waals surface area contributed by atoms with Gasteiger partial charge < -0.3 is 4.90 Å². The summed E-state index contributed by atoms with van der Waals surface area (Å²) in [6.45, 7) is 5.46. The SMILES string of the molecule is CC1(C#N)CCN(CC2CCCc3ccccc32)CC1. The first-order valence-corrected chi connectivity index (χ1v) is 7.92. The summed E-state index contributed by atoms with van der Waals surface area (Å²) in [5.74, 6) is 0.700. The second-order valence-electron chi connectivity index (χ2n) is 6.76. The lowest BCUT2D eigenvalue weighted by molar-refractivity contribution is 0.146. The lowest BCUT2D eigenvalue weighted by Crippen LogP contribution is -2.40. The number of rotatable bonds is 2. The number of nitrogens with zero attached hydrogens (tertiary/aromatic N) is 2. The second kappa shape index (κ2) is 5.58. The number of likely N-dealkylation sites (tertiary alicyclic amines) is 1. The minimum absolute atomic E-state index is 0.0824. The van der Waals surface area contributed by atoms with E-state index in [4.69, 9.17) is 0 Å². The van der Waals surface area contributed by atoms with Crippen molar-refractivity contribution in [3.05, 3.63) is 35.4 Å². The van der Waals surface area contributed by atoms with E-state index in [0.29, 0.717) is 5.92 Å². The fourth-order valence-corrected chi connectivity index (χ4v) is 3.70. The molecule has 0 spiro atoms. The zero-order valence-corrected chi connectivity index (χ0v) is 12.4. The molecule has 3 rings (SSSR count). The normalized spacial score (nSPS) is 25.7. The molecule has 1 unspecified atom stereocenters. The lowest BCUT2D eigenvalue weighted by Gasteiger charge is -2.38. The van der Waals surface area contributed by atoms with Crippen molar-refractivity contribution < 1.29 is 0 Å². The molecule has 0 bridgehead atoms. The van der Waals surface area contributed by atoms with Crippen molar-refractivity contribution in [1.29, 1.82) is 5.26 Å². The Morgan fingerprint density at radius 2 is 2.05 bits per heavy atom. The zero-order valence-electron chi connectivity index (χ0n) is 12.4. The maximum Gasteiger partial charge on any atom is 0.0687 e. The number of benzene rings is 1. The van der Waals surface area contributed by atoms with Crippen molar-refractivity contribution in [3.63, 3.8) is 0 Å². The third kappa shape index (κ3) is 2.74. The molecule has 1 aromatic rings. The van der Waals surface area contributed by atoms with Crippen LogP contribution in [0, 0.1) is 16.7 Å². The Hall–Kier alpha value is -1.33. The van der Waals surface area contributed by atoms with E-state index in [9.17, 15) is 5.26 Å². The first kappa shape index (κ1) is 13.6. The van der Waals surface area contributed by atoms with Crippen molar-refractivity contribution in [2.24, 2.45) is 5.41 Å². The number of fused-ring (bicyclic) bond motifs is 1. The van der Waals surface area contributed by atoms with Crippen molar-refractivity contribution >= 4 is 0 Å². The van der Waals surface area contributed by atoms with Gasteiger partial charge in [-0.2, -0.15) is 5.26 Å². The molecule has 0 aromatic heterocycles. The Kier molecular flexibility index (Phi) is 3.81. The molecular formula is C18H24N2. The average molecular weight is 268 g/mol. The average Bonchev–Trinajstić information content (AvgIpc) is 2.50. The highest BCUT2D eigenvalue weighted by Gasteiger charge is 2.31. The highest BCUT2D eigenvalue weighted by atomic mass is 15.1. The topological polar surface area (TPSA) is 27.0 Å². The van der Waals surface area contributed by atoms with Gasteiger partial charge in [0.25, 0.3) is 0 Å². The van der Waals surface area contributed by atoms with Gasteiger partial charge in [0, 0.05) is 6.54 Å². The van der Waals surface area contributed by atoms with E-state index in [0.717, 1.165) is 25.9 Å². The minimum Gasteiger partial charge on any atom is -0.303 e. The van der Waals surface area contributed by atoms with Gasteiger partial charge in [0.05, 0.1) is 11.5 Å². The zero-order chi connectivity index (χ0) is 14.0. The van der Waals surface area contributed by atoms with Gasteiger partial charge in [-0.15, -0.1) is 0 Å². The van der Waals surface area contributed by atoms with Crippen LogP contribution in [0.4, 0.5) is 0 Å². The molecule has 2 nitrogen and oxygen atoms in total. The Balaban J connectivity index is 1.64.